The van der Waals surface area contributed by atoms with Crippen molar-refractivity contribution >= 4 is 11.3 Å². The summed E-state index contributed by atoms with van der Waals surface area (Å²) in [7, 11) is 1.70. The minimum absolute atomic E-state index is 0.322. The summed E-state index contributed by atoms with van der Waals surface area (Å²) in [5.74, 6) is 0.903. The molecule has 2 atom stereocenters. The first kappa shape index (κ1) is 15.1. The maximum absolute atomic E-state index is 5.20. The zero-order valence-electron chi connectivity index (χ0n) is 12.6. The number of nitrogens with one attached hydrogen (secondary N) is 1. The van der Waals surface area contributed by atoms with E-state index in [0.29, 0.717) is 12.1 Å². The lowest BCUT2D eigenvalue weighted by molar-refractivity contribution is 0.414. The van der Waals surface area contributed by atoms with Crippen LogP contribution in [0, 0.1) is 0 Å². The first-order chi connectivity index (χ1) is 9.63. The monoisotopic (exact) mass is 289 g/mol. The van der Waals surface area contributed by atoms with Gasteiger partial charge in [0.1, 0.15) is 5.75 Å². The van der Waals surface area contributed by atoms with Crippen LogP contribution in [0.1, 0.15) is 48.2 Å². The van der Waals surface area contributed by atoms with Gasteiger partial charge in [-0.25, -0.2) is 0 Å². The Hall–Kier alpha value is -1.32. The molecule has 0 aliphatic heterocycles. The fourth-order valence-electron chi connectivity index (χ4n) is 2.26. The fourth-order valence-corrected chi connectivity index (χ4v) is 3.23. The molecule has 2 unspecified atom stereocenters. The molecule has 1 aromatic heterocycles. The summed E-state index contributed by atoms with van der Waals surface area (Å²) < 4.78 is 5.20. The zero-order chi connectivity index (χ0) is 14.5. The third-order valence-electron chi connectivity index (χ3n) is 3.57. The Kier molecular flexibility index (Phi) is 5.21. The van der Waals surface area contributed by atoms with Gasteiger partial charge in [-0.3, -0.25) is 0 Å². The van der Waals surface area contributed by atoms with E-state index in [4.69, 9.17) is 4.74 Å². The van der Waals surface area contributed by atoms with Crippen molar-refractivity contribution in [3.05, 3.63) is 51.7 Å². The van der Waals surface area contributed by atoms with Crippen molar-refractivity contribution in [2.45, 2.75) is 39.3 Å². The Labute approximate surface area is 125 Å². The Bertz CT molecular complexity index is 532. The molecule has 0 amide bonds. The molecule has 3 heteroatoms. The van der Waals surface area contributed by atoms with Gasteiger partial charge in [0, 0.05) is 21.8 Å². The number of rotatable bonds is 6. The van der Waals surface area contributed by atoms with E-state index in [1.165, 1.54) is 15.3 Å². The van der Waals surface area contributed by atoms with Crippen molar-refractivity contribution in [3.8, 4) is 5.75 Å². The van der Waals surface area contributed by atoms with Crippen LogP contribution in [0.3, 0.4) is 0 Å². The number of methoxy groups -OCH3 is 1. The molecule has 108 valence electrons. The maximum Gasteiger partial charge on any atom is 0.118 e. The van der Waals surface area contributed by atoms with Crippen LogP contribution < -0.4 is 10.1 Å². The van der Waals surface area contributed by atoms with Crippen LogP contribution in [0.5, 0.6) is 5.75 Å². The molecule has 0 fully saturated rings. The highest BCUT2D eigenvalue weighted by atomic mass is 32.1. The molecule has 0 radical (unpaired) electrons. The molecule has 2 rings (SSSR count). The van der Waals surface area contributed by atoms with Gasteiger partial charge < -0.3 is 10.1 Å². The van der Waals surface area contributed by atoms with Gasteiger partial charge in [0.25, 0.3) is 0 Å². The summed E-state index contributed by atoms with van der Waals surface area (Å²) in [5.41, 5.74) is 1.28. The standard InChI is InChI=1S/C17H23NOS/c1-5-16-10-11-17(20-16)13(3)18-12(2)14-6-8-15(19-4)9-7-14/h6-13,18H,5H2,1-4H3. The lowest BCUT2D eigenvalue weighted by atomic mass is 10.1. The fraction of sp³-hybridized carbons (Fsp3) is 0.412. The predicted molar refractivity (Wildman–Crippen MR) is 86.7 cm³/mol. The van der Waals surface area contributed by atoms with E-state index < -0.39 is 0 Å². The predicted octanol–water partition coefficient (Wildman–Crippen LogP) is 4.73. The summed E-state index contributed by atoms with van der Waals surface area (Å²) in [6.07, 6.45) is 1.12. The maximum atomic E-state index is 5.20. The van der Waals surface area contributed by atoms with E-state index in [1.807, 2.05) is 23.5 Å². The van der Waals surface area contributed by atoms with Gasteiger partial charge in [0.15, 0.2) is 0 Å². The van der Waals surface area contributed by atoms with Gasteiger partial charge in [-0.05, 0) is 50.1 Å². The molecule has 2 nitrogen and oxygen atoms in total. The molecule has 0 saturated heterocycles. The second-order valence-electron chi connectivity index (χ2n) is 5.04. The molecule has 1 N–H and O–H groups in total. The van der Waals surface area contributed by atoms with Crippen LogP contribution in [-0.2, 0) is 6.42 Å². The van der Waals surface area contributed by atoms with Crippen LogP contribution in [0.15, 0.2) is 36.4 Å². The largest absolute Gasteiger partial charge is 0.497 e. The van der Waals surface area contributed by atoms with Crippen molar-refractivity contribution in [1.29, 1.82) is 0 Å². The van der Waals surface area contributed by atoms with E-state index in [-0.39, 0.29) is 0 Å². The highest BCUT2D eigenvalue weighted by Gasteiger charge is 2.12. The molecular formula is C17H23NOS. The van der Waals surface area contributed by atoms with E-state index in [1.54, 1.807) is 7.11 Å². The van der Waals surface area contributed by atoms with Crippen molar-refractivity contribution in [2.75, 3.05) is 7.11 Å². The van der Waals surface area contributed by atoms with Gasteiger partial charge in [-0.2, -0.15) is 0 Å². The molecule has 0 spiro atoms. The normalized spacial score (nSPS) is 14.0. The number of benzene rings is 1. The van der Waals surface area contributed by atoms with Crippen molar-refractivity contribution in [3.63, 3.8) is 0 Å². The van der Waals surface area contributed by atoms with Gasteiger partial charge in [-0.1, -0.05) is 19.1 Å². The van der Waals surface area contributed by atoms with E-state index in [9.17, 15) is 0 Å². The highest BCUT2D eigenvalue weighted by Crippen LogP contribution is 2.26. The lowest BCUT2D eigenvalue weighted by Gasteiger charge is -2.19. The lowest BCUT2D eigenvalue weighted by Crippen LogP contribution is -2.21. The van der Waals surface area contributed by atoms with Crippen LogP contribution in [-0.4, -0.2) is 7.11 Å². The molecule has 20 heavy (non-hydrogen) atoms. The molecule has 1 aromatic carbocycles. The summed E-state index contributed by atoms with van der Waals surface area (Å²) >= 11 is 1.90. The van der Waals surface area contributed by atoms with Crippen LogP contribution in [0.2, 0.25) is 0 Å². The second-order valence-corrected chi connectivity index (χ2v) is 6.24. The van der Waals surface area contributed by atoms with E-state index >= 15 is 0 Å². The Balaban J connectivity index is 2.00. The molecule has 0 bridgehead atoms. The molecule has 0 saturated carbocycles. The number of hydrogen-bond donors (Lipinski definition) is 1. The SMILES string of the molecule is CCc1ccc(C(C)NC(C)c2ccc(OC)cc2)s1. The van der Waals surface area contributed by atoms with Gasteiger partial charge >= 0.3 is 0 Å². The Morgan fingerprint density at radius 3 is 2.30 bits per heavy atom. The van der Waals surface area contributed by atoms with Crippen molar-refractivity contribution in [1.82, 2.24) is 5.32 Å². The smallest absolute Gasteiger partial charge is 0.118 e. The zero-order valence-corrected chi connectivity index (χ0v) is 13.5. The number of hydrogen-bond acceptors (Lipinski definition) is 3. The summed E-state index contributed by atoms with van der Waals surface area (Å²) in [6.45, 7) is 6.63. The minimum atomic E-state index is 0.322. The van der Waals surface area contributed by atoms with E-state index in [2.05, 4.69) is 50.4 Å². The van der Waals surface area contributed by atoms with Crippen LogP contribution in [0.4, 0.5) is 0 Å². The molecule has 0 aliphatic rings. The average Bonchev–Trinajstić information content (AvgIpc) is 2.96. The Morgan fingerprint density at radius 1 is 1.05 bits per heavy atom. The molecule has 1 heterocycles. The van der Waals surface area contributed by atoms with Crippen LogP contribution >= 0.6 is 11.3 Å². The Morgan fingerprint density at radius 2 is 1.75 bits per heavy atom. The molecule has 0 aliphatic carbocycles. The van der Waals surface area contributed by atoms with Gasteiger partial charge in [0.05, 0.1) is 7.11 Å². The van der Waals surface area contributed by atoms with Crippen molar-refractivity contribution in [2.24, 2.45) is 0 Å². The van der Waals surface area contributed by atoms with E-state index in [0.717, 1.165) is 12.2 Å². The summed E-state index contributed by atoms with van der Waals surface area (Å²) in [6, 6.07) is 13.4. The molecule has 2 aromatic rings. The topological polar surface area (TPSA) is 21.3 Å². The second kappa shape index (κ2) is 6.91. The summed E-state index contributed by atoms with van der Waals surface area (Å²) in [4.78, 5) is 2.85. The van der Waals surface area contributed by atoms with Crippen molar-refractivity contribution < 1.29 is 4.74 Å². The van der Waals surface area contributed by atoms with Gasteiger partial charge in [0.2, 0.25) is 0 Å². The average molecular weight is 289 g/mol. The first-order valence-corrected chi connectivity index (χ1v) is 7.94. The number of thiophene rings is 1. The van der Waals surface area contributed by atoms with Crippen LogP contribution in [0.25, 0.3) is 0 Å². The third kappa shape index (κ3) is 3.62. The van der Waals surface area contributed by atoms with Gasteiger partial charge in [-0.15, -0.1) is 11.3 Å². The summed E-state index contributed by atoms with van der Waals surface area (Å²) in [5, 5.41) is 3.66. The highest BCUT2D eigenvalue weighted by molar-refractivity contribution is 7.12. The first-order valence-electron chi connectivity index (χ1n) is 7.12. The quantitative estimate of drug-likeness (QED) is 0.830. The minimum Gasteiger partial charge on any atom is -0.497 e. The number of ether oxygens (including phenoxy) is 1. The number of aryl methyl sites for hydroxylation is 1. The third-order valence-corrected chi connectivity index (χ3v) is 4.99. The molecular weight excluding hydrogens is 266 g/mol.